The molecular weight excluding hydrogens is 241 g/mol. The van der Waals surface area contributed by atoms with Crippen LogP contribution in [-0.2, 0) is 0 Å². The molecule has 0 aliphatic heterocycles. The van der Waals surface area contributed by atoms with Gasteiger partial charge in [-0.05, 0) is 30.7 Å². The third-order valence-corrected chi connectivity index (χ3v) is 2.91. The van der Waals surface area contributed by atoms with Crippen LogP contribution in [0.2, 0.25) is 0 Å². The number of aromatic nitrogens is 2. The molecule has 2 aromatic rings. The van der Waals surface area contributed by atoms with Crippen molar-refractivity contribution in [1.82, 2.24) is 10.2 Å². The fourth-order valence-electron chi connectivity index (χ4n) is 1.35. The van der Waals surface area contributed by atoms with Crippen LogP contribution in [0.25, 0.3) is 10.6 Å². The number of aryl methyl sites for hydroxylation is 1. The van der Waals surface area contributed by atoms with Gasteiger partial charge in [0.05, 0.1) is 0 Å². The minimum absolute atomic E-state index is 0.0662. The zero-order valence-corrected chi connectivity index (χ0v) is 9.83. The second kappa shape index (κ2) is 4.46. The van der Waals surface area contributed by atoms with E-state index >= 15 is 0 Å². The molecule has 0 aliphatic carbocycles. The minimum Gasteiger partial charge on any atom is -0.370 e. The summed E-state index contributed by atoms with van der Waals surface area (Å²) in [5.74, 6) is -0.344. The molecule has 88 valence electrons. The molecular formula is C10H10FN5S. The van der Waals surface area contributed by atoms with Crippen molar-refractivity contribution in [3.63, 3.8) is 0 Å². The predicted octanol–water partition coefficient (Wildman–Crippen LogP) is 1.56. The van der Waals surface area contributed by atoms with Crippen molar-refractivity contribution in [1.29, 1.82) is 0 Å². The highest BCUT2D eigenvalue weighted by molar-refractivity contribution is 7.18. The van der Waals surface area contributed by atoms with Crippen LogP contribution >= 0.6 is 11.3 Å². The number of benzene rings is 1. The van der Waals surface area contributed by atoms with Gasteiger partial charge < -0.3 is 11.5 Å². The van der Waals surface area contributed by atoms with Crippen LogP contribution < -0.4 is 11.5 Å². The molecule has 0 fully saturated rings. The molecule has 1 heterocycles. The maximum atomic E-state index is 13.0. The third-order valence-electron chi connectivity index (χ3n) is 2.06. The van der Waals surface area contributed by atoms with E-state index in [1.807, 2.05) is 0 Å². The molecule has 4 N–H and O–H groups in total. The number of halogens is 1. The Kier molecular flexibility index (Phi) is 3.01. The van der Waals surface area contributed by atoms with E-state index < -0.39 is 0 Å². The molecule has 0 spiro atoms. The Hall–Kier alpha value is -2.02. The predicted molar refractivity (Wildman–Crippen MR) is 65.5 cm³/mol. The first-order valence-corrected chi connectivity index (χ1v) is 5.57. The Bertz CT molecular complexity index is 574. The topological polar surface area (TPSA) is 90.2 Å². The SMILES string of the molecule is Cc1cc(F)ccc1-c1nnc(N=C(N)N)s1. The van der Waals surface area contributed by atoms with Gasteiger partial charge >= 0.3 is 0 Å². The molecule has 1 aromatic carbocycles. The highest BCUT2D eigenvalue weighted by atomic mass is 32.1. The molecule has 0 unspecified atom stereocenters. The lowest BCUT2D eigenvalue weighted by atomic mass is 10.1. The van der Waals surface area contributed by atoms with Gasteiger partial charge in [-0.3, -0.25) is 0 Å². The van der Waals surface area contributed by atoms with Crippen LogP contribution in [-0.4, -0.2) is 16.2 Å². The van der Waals surface area contributed by atoms with E-state index in [0.717, 1.165) is 11.1 Å². The van der Waals surface area contributed by atoms with Crippen LogP contribution in [0.1, 0.15) is 5.56 Å². The summed E-state index contributed by atoms with van der Waals surface area (Å²) in [4.78, 5) is 3.80. The second-order valence-corrected chi connectivity index (χ2v) is 4.34. The number of hydrogen-bond donors (Lipinski definition) is 2. The maximum Gasteiger partial charge on any atom is 0.235 e. The first-order valence-electron chi connectivity index (χ1n) is 4.76. The van der Waals surface area contributed by atoms with Crippen LogP contribution in [0, 0.1) is 12.7 Å². The van der Waals surface area contributed by atoms with Gasteiger partial charge in [-0.2, -0.15) is 4.99 Å². The van der Waals surface area contributed by atoms with Gasteiger partial charge in [0.1, 0.15) is 10.8 Å². The molecule has 7 heteroatoms. The van der Waals surface area contributed by atoms with Crippen molar-refractivity contribution in [2.24, 2.45) is 16.5 Å². The molecule has 0 bridgehead atoms. The summed E-state index contributed by atoms with van der Waals surface area (Å²) in [6.07, 6.45) is 0. The Morgan fingerprint density at radius 3 is 2.76 bits per heavy atom. The zero-order chi connectivity index (χ0) is 12.4. The van der Waals surface area contributed by atoms with E-state index in [4.69, 9.17) is 11.5 Å². The van der Waals surface area contributed by atoms with Gasteiger partial charge in [-0.1, -0.05) is 11.3 Å². The smallest absolute Gasteiger partial charge is 0.235 e. The molecule has 0 aliphatic rings. The van der Waals surface area contributed by atoms with E-state index in [9.17, 15) is 4.39 Å². The zero-order valence-electron chi connectivity index (χ0n) is 9.01. The number of hydrogen-bond acceptors (Lipinski definition) is 4. The van der Waals surface area contributed by atoms with Crippen molar-refractivity contribution in [2.45, 2.75) is 6.92 Å². The fraction of sp³-hybridized carbons (Fsp3) is 0.100. The maximum absolute atomic E-state index is 13.0. The summed E-state index contributed by atoms with van der Waals surface area (Å²) in [5, 5.41) is 8.81. The Morgan fingerprint density at radius 1 is 1.35 bits per heavy atom. The van der Waals surface area contributed by atoms with Crippen LogP contribution in [0.15, 0.2) is 23.2 Å². The first kappa shape index (κ1) is 11.5. The monoisotopic (exact) mass is 251 g/mol. The first-order chi connectivity index (χ1) is 8.06. The second-order valence-electron chi connectivity index (χ2n) is 3.39. The van der Waals surface area contributed by atoms with Gasteiger partial charge in [0.2, 0.25) is 5.13 Å². The van der Waals surface area contributed by atoms with Gasteiger partial charge in [-0.15, -0.1) is 10.2 Å². The lowest BCUT2D eigenvalue weighted by molar-refractivity contribution is 0.627. The van der Waals surface area contributed by atoms with Gasteiger partial charge in [0.25, 0.3) is 0 Å². The van der Waals surface area contributed by atoms with Crippen LogP contribution in [0.4, 0.5) is 9.52 Å². The molecule has 0 saturated heterocycles. The number of rotatable bonds is 2. The highest BCUT2D eigenvalue weighted by Crippen LogP contribution is 2.30. The van der Waals surface area contributed by atoms with Crippen molar-refractivity contribution in [3.8, 4) is 10.6 Å². The number of aliphatic imine (C=N–C) groups is 1. The van der Waals surface area contributed by atoms with Crippen molar-refractivity contribution < 1.29 is 4.39 Å². The van der Waals surface area contributed by atoms with E-state index in [1.54, 1.807) is 13.0 Å². The number of guanidine groups is 1. The van der Waals surface area contributed by atoms with Gasteiger partial charge in [0.15, 0.2) is 5.96 Å². The van der Waals surface area contributed by atoms with E-state index in [0.29, 0.717) is 10.1 Å². The molecule has 0 radical (unpaired) electrons. The van der Waals surface area contributed by atoms with Crippen molar-refractivity contribution in [3.05, 3.63) is 29.6 Å². The Labute approximate surface area is 101 Å². The molecule has 17 heavy (non-hydrogen) atoms. The summed E-state index contributed by atoms with van der Waals surface area (Å²) in [6, 6.07) is 4.48. The lowest BCUT2D eigenvalue weighted by Crippen LogP contribution is -2.21. The third kappa shape index (κ3) is 2.56. The fourth-order valence-corrected chi connectivity index (χ4v) is 2.17. The summed E-state index contributed by atoms with van der Waals surface area (Å²) in [6.45, 7) is 1.81. The highest BCUT2D eigenvalue weighted by Gasteiger charge is 2.09. The van der Waals surface area contributed by atoms with Crippen molar-refractivity contribution in [2.75, 3.05) is 0 Å². The average molecular weight is 251 g/mol. The van der Waals surface area contributed by atoms with E-state index in [-0.39, 0.29) is 11.8 Å². The number of nitrogens with zero attached hydrogens (tertiary/aromatic N) is 3. The lowest BCUT2D eigenvalue weighted by Gasteiger charge is -2.00. The van der Waals surface area contributed by atoms with Crippen molar-refractivity contribution >= 4 is 22.4 Å². The summed E-state index contributed by atoms with van der Waals surface area (Å²) >= 11 is 1.24. The van der Waals surface area contributed by atoms with Gasteiger partial charge in [-0.25, -0.2) is 4.39 Å². The van der Waals surface area contributed by atoms with Crippen LogP contribution in [0.5, 0.6) is 0 Å². The molecule has 1 aromatic heterocycles. The normalized spacial score (nSPS) is 10.2. The molecule has 0 amide bonds. The summed E-state index contributed by atoms with van der Waals surface area (Å²) in [5.41, 5.74) is 12.1. The van der Waals surface area contributed by atoms with E-state index in [1.165, 1.54) is 23.5 Å². The van der Waals surface area contributed by atoms with Gasteiger partial charge in [0, 0.05) is 5.56 Å². The molecule has 0 saturated carbocycles. The Morgan fingerprint density at radius 2 is 2.12 bits per heavy atom. The summed E-state index contributed by atoms with van der Waals surface area (Å²) < 4.78 is 13.0. The van der Waals surface area contributed by atoms with E-state index in [2.05, 4.69) is 15.2 Å². The quantitative estimate of drug-likeness (QED) is 0.626. The Balaban J connectivity index is 2.40. The standard InChI is InChI=1S/C10H10FN5S/c1-5-4-6(11)2-3-7(5)8-15-16-10(17-8)14-9(12)13/h2-4H,1H3,(H4,12,13,14,16). The summed E-state index contributed by atoms with van der Waals surface area (Å²) in [7, 11) is 0. The number of nitrogens with two attached hydrogens (primary N) is 2. The molecule has 5 nitrogen and oxygen atoms in total. The molecule has 2 rings (SSSR count). The average Bonchev–Trinajstić information content (AvgIpc) is 2.65. The molecule has 0 atom stereocenters. The van der Waals surface area contributed by atoms with Crippen LogP contribution in [0.3, 0.4) is 0 Å². The minimum atomic E-state index is -0.278. The largest absolute Gasteiger partial charge is 0.370 e.